The Morgan fingerprint density at radius 1 is 0.944 bits per heavy atom. The number of methoxy groups -OCH3 is 2. The summed E-state index contributed by atoms with van der Waals surface area (Å²) >= 11 is 0. The molecule has 1 N–H and O–H groups in total. The molecule has 0 heterocycles. The van der Waals surface area contributed by atoms with Gasteiger partial charge < -0.3 is 14.8 Å². The van der Waals surface area contributed by atoms with Gasteiger partial charge in [0.2, 0.25) is 0 Å². The molecule has 0 saturated heterocycles. The molecule has 2 aromatic rings. The number of hydrogen-bond acceptors (Lipinski definition) is 3. The molecule has 94 valence electrons. The van der Waals surface area contributed by atoms with E-state index >= 15 is 0 Å². The van der Waals surface area contributed by atoms with E-state index in [1.54, 1.807) is 25.3 Å². The van der Waals surface area contributed by atoms with Crippen LogP contribution in [0.3, 0.4) is 0 Å². The predicted molar refractivity (Wildman–Crippen MR) is 69.2 cm³/mol. The summed E-state index contributed by atoms with van der Waals surface area (Å²) in [6, 6.07) is 12.0. The summed E-state index contributed by atoms with van der Waals surface area (Å²) in [4.78, 5) is 0. The van der Waals surface area contributed by atoms with Crippen molar-refractivity contribution >= 4 is 11.4 Å². The number of halogens is 1. The van der Waals surface area contributed by atoms with Gasteiger partial charge in [0.1, 0.15) is 17.3 Å². The van der Waals surface area contributed by atoms with Gasteiger partial charge in [-0.2, -0.15) is 0 Å². The number of rotatable bonds is 4. The van der Waals surface area contributed by atoms with E-state index in [4.69, 9.17) is 9.47 Å². The molecular formula is C14H14FNO2. The minimum atomic E-state index is -0.364. The molecule has 0 aliphatic carbocycles. The normalized spacial score (nSPS) is 9.94. The van der Waals surface area contributed by atoms with E-state index in [0.717, 1.165) is 5.69 Å². The highest BCUT2D eigenvalue weighted by atomic mass is 19.1. The van der Waals surface area contributed by atoms with Gasteiger partial charge in [-0.25, -0.2) is 4.39 Å². The standard InChI is InChI=1S/C14H14FNO2/c1-17-11-5-3-4-10(8-11)16-14-7-6-12(18-2)9-13(14)15/h3-9,16H,1-2H3. The van der Waals surface area contributed by atoms with Crippen molar-refractivity contribution in [1.29, 1.82) is 0 Å². The Balaban J connectivity index is 2.22. The Labute approximate surface area is 105 Å². The van der Waals surface area contributed by atoms with E-state index in [2.05, 4.69) is 5.32 Å². The topological polar surface area (TPSA) is 30.5 Å². The maximum Gasteiger partial charge on any atom is 0.150 e. The Kier molecular flexibility index (Phi) is 3.67. The van der Waals surface area contributed by atoms with E-state index in [0.29, 0.717) is 17.2 Å². The summed E-state index contributed by atoms with van der Waals surface area (Å²) in [5.41, 5.74) is 1.16. The Bertz CT molecular complexity index is 543. The molecule has 0 amide bonds. The van der Waals surface area contributed by atoms with E-state index in [1.807, 2.05) is 18.2 Å². The lowest BCUT2D eigenvalue weighted by molar-refractivity contribution is 0.411. The van der Waals surface area contributed by atoms with E-state index in [1.165, 1.54) is 13.2 Å². The molecule has 0 atom stereocenters. The average molecular weight is 247 g/mol. The van der Waals surface area contributed by atoms with Gasteiger partial charge in [0.25, 0.3) is 0 Å². The van der Waals surface area contributed by atoms with Gasteiger partial charge in [-0.15, -0.1) is 0 Å². The van der Waals surface area contributed by atoms with E-state index in [9.17, 15) is 4.39 Å². The van der Waals surface area contributed by atoms with Gasteiger partial charge in [0, 0.05) is 17.8 Å². The monoisotopic (exact) mass is 247 g/mol. The zero-order chi connectivity index (χ0) is 13.0. The third-order valence-corrected chi connectivity index (χ3v) is 2.52. The molecule has 0 spiro atoms. The predicted octanol–water partition coefficient (Wildman–Crippen LogP) is 3.59. The van der Waals surface area contributed by atoms with Gasteiger partial charge in [-0.1, -0.05) is 6.07 Å². The van der Waals surface area contributed by atoms with Gasteiger partial charge in [-0.3, -0.25) is 0 Å². The molecule has 0 bridgehead atoms. The first-order chi connectivity index (χ1) is 8.72. The number of benzene rings is 2. The van der Waals surface area contributed by atoms with Crippen LogP contribution in [0.15, 0.2) is 42.5 Å². The van der Waals surface area contributed by atoms with Crippen molar-refractivity contribution < 1.29 is 13.9 Å². The molecule has 0 aromatic heterocycles. The maximum atomic E-state index is 13.7. The van der Waals surface area contributed by atoms with Crippen LogP contribution in [0.2, 0.25) is 0 Å². The van der Waals surface area contributed by atoms with Crippen molar-refractivity contribution in [3.63, 3.8) is 0 Å². The van der Waals surface area contributed by atoms with Crippen LogP contribution < -0.4 is 14.8 Å². The van der Waals surface area contributed by atoms with Crippen LogP contribution in [0.5, 0.6) is 11.5 Å². The van der Waals surface area contributed by atoms with Crippen LogP contribution in [-0.4, -0.2) is 14.2 Å². The number of nitrogens with one attached hydrogen (secondary N) is 1. The first kappa shape index (κ1) is 12.2. The maximum absolute atomic E-state index is 13.7. The van der Waals surface area contributed by atoms with Gasteiger partial charge >= 0.3 is 0 Å². The molecule has 0 fully saturated rings. The fourth-order valence-corrected chi connectivity index (χ4v) is 1.58. The SMILES string of the molecule is COc1cccc(Nc2ccc(OC)cc2F)c1. The summed E-state index contributed by atoms with van der Waals surface area (Å²) < 4.78 is 23.8. The molecular weight excluding hydrogens is 233 g/mol. The lowest BCUT2D eigenvalue weighted by Crippen LogP contribution is -1.95. The summed E-state index contributed by atoms with van der Waals surface area (Å²) in [5.74, 6) is 0.842. The lowest BCUT2D eigenvalue weighted by atomic mass is 10.2. The lowest BCUT2D eigenvalue weighted by Gasteiger charge is -2.10. The second kappa shape index (κ2) is 5.40. The van der Waals surface area contributed by atoms with Crippen LogP contribution in [0.4, 0.5) is 15.8 Å². The third kappa shape index (κ3) is 2.71. The van der Waals surface area contributed by atoms with Gasteiger partial charge in [-0.05, 0) is 24.3 Å². The van der Waals surface area contributed by atoms with Crippen LogP contribution in [0.1, 0.15) is 0 Å². The fraction of sp³-hybridized carbons (Fsp3) is 0.143. The van der Waals surface area contributed by atoms with Crippen molar-refractivity contribution in [1.82, 2.24) is 0 Å². The second-order valence-electron chi connectivity index (χ2n) is 3.70. The van der Waals surface area contributed by atoms with Crippen molar-refractivity contribution in [2.45, 2.75) is 0 Å². The zero-order valence-electron chi connectivity index (χ0n) is 10.2. The van der Waals surface area contributed by atoms with E-state index in [-0.39, 0.29) is 5.82 Å². The van der Waals surface area contributed by atoms with Crippen LogP contribution in [0.25, 0.3) is 0 Å². The third-order valence-electron chi connectivity index (χ3n) is 2.52. The molecule has 3 nitrogen and oxygen atoms in total. The first-order valence-corrected chi connectivity index (χ1v) is 5.47. The fourth-order valence-electron chi connectivity index (χ4n) is 1.58. The van der Waals surface area contributed by atoms with Crippen LogP contribution >= 0.6 is 0 Å². The molecule has 0 saturated carbocycles. The van der Waals surface area contributed by atoms with Gasteiger partial charge in [0.15, 0.2) is 0 Å². The molecule has 0 aliphatic heterocycles. The highest BCUT2D eigenvalue weighted by molar-refractivity contribution is 5.62. The highest BCUT2D eigenvalue weighted by Crippen LogP contribution is 2.25. The molecule has 18 heavy (non-hydrogen) atoms. The average Bonchev–Trinajstić information content (AvgIpc) is 2.41. The molecule has 0 unspecified atom stereocenters. The number of anilines is 2. The molecule has 2 rings (SSSR count). The summed E-state index contributed by atoms with van der Waals surface area (Å²) in [6.45, 7) is 0. The van der Waals surface area contributed by atoms with Crippen LogP contribution in [0, 0.1) is 5.82 Å². The minimum absolute atomic E-state index is 0.364. The summed E-state index contributed by atoms with van der Waals surface area (Å²) in [6.07, 6.45) is 0. The van der Waals surface area contributed by atoms with Crippen molar-refractivity contribution in [2.24, 2.45) is 0 Å². The summed E-state index contributed by atoms with van der Waals surface area (Å²) in [5, 5.41) is 2.99. The zero-order valence-corrected chi connectivity index (χ0v) is 10.2. The second-order valence-corrected chi connectivity index (χ2v) is 3.70. The minimum Gasteiger partial charge on any atom is -0.497 e. The molecule has 2 aromatic carbocycles. The highest BCUT2D eigenvalue weighted by Gasteiger charge is 2.04. The first-order valence-electron chi connectivity index (χ1n) is 5.47. The van der Waals surface area contributed by atoms with Crippen LogP contribution in [-0.2, 0) is 0 Å². The number of ether oxygens (including phenoxy) is 2. The Morgan fingerprint density at radius 2 is 1.67 bits per heavy atom. The van der Waals surface area contributed by atoms with Crippen molar-refractivity contribution in [3.8, 4) is 11.5 Å². The summed E-state index contributed by atoms with van der Waals surface area (Å²) in [7, 11) is 3.09. The van der Waals surface area contributed by atoms with Crippen molar-refractivity contribution in [2.75, 3.05) is 19.5 Å². The van der Waals surface area contributed by atoms with E-state index < -0.39 is 0 Å². The molecule has 0 aliphatic rings. The Hall–Kier alpha value is -2.23. The van der Waals surface area contributed by atoms with Crippen molar-refractivity contribution in [3.05, 3.63) is 48.3 Å². The Morgan fingerprint density at radius 3 is 2.33 bits per heavy atom. The largest absolute Gasteiger partial charge is 0.497 e. The quantitative estimate of drug-likeness (QED) is 0.895. The molecule has 0 radical (unpaired) electrons. The number of hydrogen-bond donors (Lipinski definition) is 1. The van der Waals surface area contributed by atoms with Gasteiger partial charge in [0.05, 0.1) is 19.9 Å². The smallest absolute Gasteiger partial charge is 0.150 e. The molecule has 4 heteroatoms.